The minimum absolute atomic E-state index is 0.202. The van der Waals surface area contributed by atoms with Gasteiger partial charge in [-0.15, -0.1) is 0 Å². The molecule has 1 aliphatic rings. The number of carbonyl (C=O) groups excluding carboxylic acids is 1. The van der Waals surface area contributed by atoms with Gasteiger partial charge in [-0.05, 0) is 35.4 Å². The number of rotatable bonds is 4. The second-order valence-electron chi connectivity index (χ2n) is 6.13. The Labute approximate surface area is 150 Å². The average Bonchev–Trinajstić information content (AvgIpc) is 2.66. The third-order valence-electron chi connectivity index (χ3n) is 4.38. The van der Waals surface area contributed by atoms with E-state index < -0.39 is 5.97 Å². The topological polar surface area (TPSA) is 81.7 Å². The molecular formula is C19H20FN3O3. The lowest BCUT2D eigenvalue weighted by Gasteiger charge is -2.36. The zero-order valence-electron chi connectivity index (χ0n) is 14.1. The summed E-state index contributed by atoms with van der Waals surface area (Å²) in [6.45, 7) is 2.04. The van der Waals surface area contributed by atoms with E-state index in [1.54, 1.807) is 23.1 Å². The Morgan fingerprint density at radius 1 is 1.23 bits per heavy atom. The van der Waals surface area contributed by atoms with Crippen LogP contribution in [0.3, 0.4) is 0 Å². The summed E-state index contributed by atoms with van der Waals surface area (Å²) in [4.78, 5) is 25.2. The first-order valence-corrected chi connectivity index (χ1v) is 8.37. The number of halogens is 1. The fourth-order valence-electron chi connectivity index (χ4n) is 3.00. The number of carboxylic acid groups (broad SMARTS) is 1. The van der Waals surface area contributed by atoms with Gasteiger partial charge in [-0.1, -0.05) is 24.3 Å². The highest BCUT2D eigenvalue weighted by Gasteiger charge is 2.27. The molecule has 3 N–H and O–H groups in total. The van der Waals surface area contributed by atoms with Crippen molar-refractivity contribution in [1.82, 2.24) is 15.5 Å². The second-order valence-corrected chi connectivity index (χ2v) is 6.13. The van der Waals surface area contributed by atoms with Crippen LogP contribution in [0.1, 0.15) is 27.5 Å². The van der Waals surface area contributed by atoms with Gasteiger partial charge in [0, 0.05) is 26.2 Å². The molecule has 0 aromatic heterocycles. The van der Waals surface area contributed by atoms with E-state index in [1.165, 1.54) is 24.3 Å². The van der Waals surface area contributed by atoms with Gasteiger partial charge in [0.25, 0.3) is 0 Å². The number of benzene rings is 2. The average molecular weight is 357 g/mol. The molecule has 2 aromatic rings. The van der Waals surface area contributed by atoms with E-state index in [9.17, 15) is 14.0 Å². The lowest BCUT2D eigenvalue weighted by Crippen LogP contribution is -2.51. The number of piperazine rings is 1. The predicted octanol–water partition coefficient (Wildman–Crippen LogP) is 2.38. The lowest BCUT2D eigenvalue weighted by atomic mass is 10.0. The number of urea groups is 1. The number of amides is 2. The third-order valence-corrected chi connectivity index (χ3v) is 4.38. The van der Waals surface area contributed by atoms with Crippen molar-refractivity contribution in [3.05, 3.63) is 71.0 Å². The molecule has 0 radical (unpaired) electrons. The number of nitrogens with zero attached hydrogens (tertiary/aromatic N) is 1. The number of carboxylic acids is 1. The summed E-state index contributed by atoms with van der Waals surface area (Å²) in [7, 11) is 0. The molecule has 0 saturated carbocycles. The molecule has 1 unspecified atom stereocenters. The summed E-state index contributed by atoms with van der Waals surface area (Å²) in [6, 6.07) is 12.2. The Morgan fingerprint density at radius 2 is 2.00 bits per heavy atom. The molecular weight excluding hydrogens is 337 g/mol. The molecule has 136 valence electrons. The van der Waals surface area contributed by atoms with E-state index in [-0.39, 0.29) is 23.5 Å². The number of hydrogen-bond donors (Lipinski definition) is 3. The maximum atomic E-state index is 13.5. The monoisotopic (exact) mass is 357 g/mol. The van der Waals surface area contributed by atoms with Gasteiger partial charge in [0.1, 0.15) is 5.82 Å². The molecule has 26 heavy (non-hydrogen) atoms. The van der Waals surface area contributed by atoms with Crippen LogP contribution in [-0.4, -0.2) is 41.6 Å². The Morgan fingerprint density at radius 3 is 2.69 bits per heavy atom. The fraction of sp³-hybridized carbons (Fsp3) is 0.263. The van der Waals surface area contributed by atoms with E-state index in [4.69, 9.17) is 5.11 Å². The minimum atomic E-state index is -0.987. The van der Waals surface area contributed by atoms with Gasteiger partial charge in [0.15, 0.2) is 0 Å². The van der Waals surface area contributed by atoms with Crippen LogP contribution in [0.2, 0.25) is 0 Å². The zero-order chi connectivity index (χ0) is 18.5. The standard InChI is InChI=1S/C19H20FN3O3/c20-16-3-1-2-15(10-16)17-12-21-8-9-23(17)19(26)22-11-13-4-6-14(7-5-13)18(24)25/h1-7,10,17,21H,8-9,11-12H2,(H,22,26)(H,24,25). The van der Waals surface area contributed by atoms with Crippen molar-refractivity contribution < 1.29 is 19.1 Å². The van der Waals surface area contributed by atoms with Crippen LogP contribution in [0.15, 0.2) is 48.5 Å². The fourth-order valence-corrected chi connectivity index (χ4v) is 3.00. The molecule has 6 nitrogen and oxygen atoms in total. The maximum Gasteiger partial charge on any atom is 0.335 e. The summed E-state index contributed by atoms with van der Waals surface area (Å²) >= 11 is 0. The van der Waals surface area contributed by atoms with Gasteiger partial charge >= 0.3 is 12.0 Å². The molecule has 0 spiro atoms. The van der Waals surface area contributed by atoms with Crippen LogP contribution in [-0.2, 0) is 6.54 Å². The smallest absolute Gasteiger partial charge is 0.335 e. The van der Waals surface area contributed by atoms with Gasteiger partial charge in [0.2, 0.25) is 0 Å². The first-order chi connectivity index (χ1) is 12.5. The molecule has 0 aliphatic carbocycles. The van der Waals surface area contributed by atoms with E-state index in [0.717, 1.165) is 11.1 Å². The van der Waals surface area contributed by atoms with Crippen LogP contribution in [0, 0.1) is 5.82 Å². The third kappa shape index (κ3) is 4.18. The number of hydrogen-bond acceptors (Lipinski definition) is 3. The van der Waals surface area contributed by atoms with Gasteiger partial charge < -0.3 is 20.6 Å². The largest absolute Gasteiger partial charge is 0.478 e. The Bertz CT molecular complexity index is 795. The number of aromatic carboxylic acids is 1. The molecule has 7 heteroatoms. The van der Waals surface area contributed by atoms with Gasteiger partial charge in [-0.3, -0.25) is 0 Å². The summed E-state index contributed by atoms with van der Waals surface area (Å²) in [6.07, 6.45) is 0. The van der Waals surface area contributed by atoms with Crippen molar-refractivity contribution >= 4 is 12.0 Å². The lowest BCUT2D eigenvalue weighted by molar-refractivity contribution is 0.0697. The molecule has 1 fully saturated rings. The first-order valence-electron chi connectivity index (χ1n) is 8.37. The van der Waals surface area contributed by atoms with E-state index in [2.05, 4.69) is 10.6 Å². The van der Waals surface area contributed by atoms with Gasteiger partial charge in [0.05, 0.1) is 11.6 Å². The van der Waals surface area contributed by atoms with Crippen molar-refractivity contribution in [2.75, 3.05) is 19.6 Å². The minimum Gasteiger partial charge on any atom is -0.478 e. The Hall–Kier alpha value is -2.93. The Kier molecular flexibility index (Phi) is 5.48. The predicted molar refractivity (Wildman–Crippen MR) is 94.4 cm³/mol. The van der Waals surface area contributed by atoms with Gasteiger partial charge in [-0.2, -0.15) is 0 Å². The molecule has 3 rings (SSSR count). The van der Waals surface area contributed by atoms with Crippen molar-refractivity contribution in [3.63, 3.8) is 0 Å². The van der Waals surface area contributed by atoms with Crippen LogP contribution in [0.5, 0.6) is 0 Å². The van der Waals surface area contributed by atoms with Crippen LogP contribution in [0.4, 0.5) is 9.18 Å². The van der Waals surface area contributed by atoms with E-state index in [1.807, 2.05) is 6.07 Å². The van der Waals surface area contributed by atoms with Crippen LogP contribution >= 0.6 is 0 Å². The SMILES string of the molecule is O=C(O)c1ccc(CNC(=O)N2CCNCC2c2cccc(F)c2)cc1. The Balaban J connectivity index is 1.66. The number of carbonyl (C=O) groups is 2. The molecule has 1 aliphatic heterocycles. The van der Waals surface area contributed by atoms with Gasteiger partial charge in [-0.25, -0.2) is 14.0 Å². The van der Waals surface area contributed by atoms with Crippen LogP contribution in [0.25, 0.3) is 0 Å². The quantitative estimate of drug-likeness (QED) is 0.785. The first kappa shape index (κ1) is 17.9. The van der Waals surface area contributed by atoms with Crippen LogP contribution < -0.4 is 10.6 Å². The summed E-state index contributed by atoms with van der Waals surface area (Å²) < 4.78 is 13.5. The molecule has 0 bridgehead atoms. The molecule has 1 heterocycles. The van der Waals surface area contributed by atoms with Crippen molar-refractivity contribution in [1.29, 1.82) is 0 Å². The zero-order valence-corrected chi connectivity index (χ0v) is 14.1. The van der Waals surface area contributed by atoms with Crippen molar-refractivity contribution in [2.24, 2.45) is 0 Å². The molecule has 1 saturated heterocycles. The summed E-state index contributed by atoms with van der Waals surface area (Å²) in [5.74, 6) is -1.31. The summed E-state index contributed by atoms with van der Waals surface area (Å²) in [5, 5.41) is 15.0. The van der Waals surface area contributed by atoms with E-state index >= 15 is 0 Å². The molecule has 1 atom stereocenters. The van der Waals surface area contributed by atoms with Crippen molar-refractivity contribution in [3.8, 4) is 0 Å². The highest BCUT2D eigenvalue weighted by molar-refractivity contribution is 5.87. The van der Waals surface area contributed by atoms with E-state index in [0.29, 0.717) is 26.2 Å². The second kappa shape index (κ2) is 7.97. The highest BCUT2D eigenvalue weighted by Crippen LogP contribution is 2.23. The normalized spacial score (nSPS) is 17.0. The summed E-state index contributed by atoms with van der Waals surface area (Å²) in [5.41, 5.74) is 1.76. The highest BCUT2D eigenvalue weighted by atomic mass is 19.1. The molecule has 2 aromatic carbocycles. The van der Waals surface area contributed by atoms with Crippen molar-refractivity contribution in [2.45, 2.75) is 12.6 Å². The molecule has 2 amide bonds. The maximum absolute atomic E-state index is 13.5. The number of nitrogens with one attached hydrogen (secondary N) is 2.